The molecule has 0 fully saturated rings. The zero-order valence-corrected chi connectivity index (χ0v) is 16.3. The predicted octanol–water partition coefficient (Wildman–Crippen LogP) is 4.79. The summed E-state index contributed by atoms with van der Waals surface area (Å²) in [6.45, 7) is 1.85. The molecule has 27 heavy (non-hydrogen) atoms. The lowest BCUT2D eigenvalue weighted by Gasteiger charge is -2.12. The first-order chi connectivity index (χ1) is 13.1. The van der Waals surface area contributed by atoms with E-state index in [1.165, 1.54) is 4.68 Å². The second-order valence-corrected chi connectivity index (χ2v) is 7.90. The quantitative estimate of drug-likeness (QED) is 0.597. The number of Topliss-reactive ketones (excluding diaryl/α,β-unsaturated/α-hetero) is 1. The van der Waals surface area contributed by atoms with Crippen molar-refractivity contribution in [2.24, 2.45) is 0 Å². The van der Waals surface area contributed by atoms with Crippen LogP contribution in [0.5, 0.6) is 0 Å². The van der Waals surface area contributed by atoms with Crippen LogP contribution in [0.3, 0.4) is 0 Å². The zero-order valence-electron chi connectivity index (χ0n) is 14.7. The molecule has 0 bridgehead atoms. The van der Waals surface area contributed by atoms with Crippen molar-refractivity contribution >= 4 is 29.1 Å². The molecule has 2 aromatic carbocycles. The lowest BCUT2D eigenvalue weighted by molar-refractivity contribution is 0.0988. The van der Waals surface area contributed by atoms with Gasteiger partial charge in [-0.15, -0.1) is 11.8 Å². The second-order valence-electron chi connectivity index (χ2n) is 6.33. The lowest BCUT2D eigenvalue weighted by Crippen LogP contribution is -2.22. The molecule has 1 aliphatic heterocycles. The van der Waals surface area contributed by atoms with Gasteiger partial charge in [-0.3, -0.25) is 9.59 Å². The summed E-state index contributed by atoms with van der Waals surface area (Å²) in [5, 5.41) is 5.28. The Morgan fingerprint density at radius 3 is 2.70 bits per heavy atom. The van der Waals surface area contributed by atoms with Gasteiger partial charge in [0.2, 0.25) is 0 Å². The van der Waals surface area contributed by atoms with Crippen LogP contribution in [0.15, 0.2) is 58.2 Å². The molecule has 1 aromatic heterocycles. The summed E-state index contributed by atoms with van der Waals surface area (Å²) < 4.78 is 1.39. The first-order valence-corrected chi connectivity index (χ1v) is 10.1. The Kier molecular flexibility index (Phi) is 4.89. The largest absolute Gasteiger partial charge is 0.294 e. The van der Waals surface area contributed by atoms with Gasteiger partial charge in [-0.25, -0.2) is 0 Å². The summed E-state index contributed by atoms with van der Waals surface area (Å²) in [5.41, 5.74) is 3.75. The van der Waals surface area contributed by atoms with Crippen LogP contribution in [0.1, 0.15) is 29.3 Å². The molecule has 0 N–H and O–H groups in total. The van der Waals surface area contributed by atoms with Crippen LogP contribution in [0.25, 0.3) is 16.9 Å². The molecule has 0 unspecified atom stereocenters. The van der Waals surface area contributed by atoms with E-state index in [4.69, 9.17) is 11.6 Å². The summed E-state index contributed by atoms with van der Waals surface area (Å²) in [6.07, 6.45) is 1.21. The van der Waals surface area contributed by atoms with Gasteiger partial charge in [-0.1, -0.05) is 24.6 Å². The van der Waals surface area contributed by atoms with E-state index in [1.54, 1.807) is 42.1 Å². The van der Waals surface area contributed by atoms with E-state index in [0.717, 1.165) is 33.9 Å². The number of aryl methyl sites for hydroxylation is 1. The Bertz CT molecular complexity index is 1090. The third-order valence-electron chi connectivity index (χ3n) is 4.59. The van der Waals surface area contributed by atoms with Gasteiger partial charge < -0.3 is 0 Å². The standard InChI is InChI=1S/C21H17ClN2O2S/c1-2-18(25)13-3-8-19-17(11-13)21-14(9-10-27-19)12-20(26)24(23-21)16-6-4-15(22)5-7-16/h3-8,11-12H,2,9-10H2,1H3. The molecule has 0 saturated heterocycles. The molecule has 4 nitrogen and oxygen atoms in total. The normalized spacial score (nSPS) is 12.8. The fourth-order valence-electron chi connectivity index (χ4n) is 3.17. The Labute approximate surface area is 166 Å². The zero-order chi connectivity index (χ0) is 19.0. The highest BCUT2D eigenvalue weighted by Gasteiger charge is 2.20. The topological polar surface area (TPSA) is 52.0 Å². The van der Waals surface area contributed by atoms with Gasteiger partial charge in [0.25, 0.3) is 5.56 Å². The van der Waals surface area contributed by atoms with Crippen molar-refractivity contribution in [2.45, 2.75) is 24.7 Å². The van der Waals surface area contributed by atoms with Crippen molar-refractivity contribution in [1.82, 2.24) is 9.78 Å². The van der Waals surface area contributed by atoms with E-state index in [-0.39, 0.29) is 11.3 Å². The van der Waals surface area contributed by atoms with Crippen molar-refractivity contribution in [2.75, 3.05) is 5.75 Å². The van der Waals surface area contributed by atoms with Crippen LogP contribution in [-0.4, -0.2) is 21.3 Å². The lowest BCUT2D eigenvalue weighted by atomic mass is 10.0. The van der Waals surface area contributed by atoms with Gasteiger partial charge in [0.15, 0.2) is 5.78 Å². The minimum Gasteiger partial charge on any atom is -0.294 e. The molecule has 1 aliphatic rings. The highest BCUT2D eigenvalue weighted by molar-refractivity contribution is 7.99. The van der Waals surface area contributed by atoms with Gasteiger partial charge in [-0.2, -0.15) is 9.78 Å². The van der Waals surface area contributed by atoms with E-state index in [2.05, 4.69) is 5.10 Å². The molecule has 0 spiro atoms. The molecule has 136 valence electrons. The number of nitrogens with zero attached hydrogens (tertiary/aromatic N) is 2. The molecule has 0 aliphatic carbocycles. The van der Waals surface area contributed by atoms with Crippen LogP contribution in [-0.2, 0) is 6.42 Å². The van der Waals surface area contributed by atoms with Crippen LogP contribution in [0, 0.1) is 0 Å². The molecule has 0 amide bonds. The smallest absolute Gasteiger partial charge is 0.271 e. The van der Waals surface area contributed by atoms with Crippen molar-refractivity contribution < 1.29 is 4.79 Å². The number of hydrogen-bond donors (Lipinski definition) is 0. The minimum absolute atomic E-state index is 0.0969. The van der Waals surface area contributed by atoms with Crippen molar-refractivity contribution in [3.05, 3.63) is 75.0 Å². The number of hydrogen-bond acceptors (Lipinski definition) is 4. The number of fused-ring (bicyclic) bond motifs is 3. The number of aromatic nitrogens is 2. The Morgan fingerprint density at radius 2 is 1.96 bits per heavy atom. The van der Waals surface area contributed by atoms with E-state index in [0.29, 0.717) is 22.7 Å². The summed E-state index contributed by atoms with van der Waals surface area (Å²) in [7, 11) is 0. The van der Waals surface area contributed by atoms with E-state index < -0.39 is 0 Å². The number of benzene rings is 2. The first kappa shape index (κ1) is 18.0. The Morgan fingerprint density at radius 1 is 1.19 bits per heavy atom. The van der Waals surface area contributed by atoms with Gasteiger partial charge >= 0.3 is 0 Å². The fraction of sp³-hybridized carbons (Fsp3) is 0.190. The van der Waals surface area contributed by atoms with Crippen molar-refractivity contribution in [3.63, 3.8) is 0 Å². The molecule has 0 atom stereocenters. The third-order valence-corrected chi connectivity index (χ3v) is 5.92. The van der Waals surface area contributed by atoms with E-state index in [1.807, 2.05) is 25.1 Å². The van der Waals surface area contributed by atoms with E-state index in [9.17, 15) is 9.59 Å². The minimum atomic E-state index is -0.176. The van der Waals surface area contributed by atoms with E-state index >= 15 is 0 Å². The van der Waals surface area contributed by atoms with Gasteiger partial charge in [0, 0.05) is 39.3 Å². The van der Waals surface area contributed by atoms with Crippen LogP contribution in [0.4, 0.5) is 0 Å². The molecule has 6 heteroatoms. The summed E-state index contributed by atoms with van der Waals surface area (Å²) in [4.78, 5) is 25.9. The maximum atomic E-state index is 12.6. The maximum Gasteiger partial charge on any atom is 0.271 e. The molecular weight excluding hydrogens is 380 g/mol. The van der Waals surface area contributed by atoms with Crippen LogP contribution >= 0.6 is 23.4 Å². The van der Waals surface area contributed by atoms with Gasteiger partial charge in [-0.05, 0) is 48.4 Å². The third kappa shape index (κ3) is 3.45. The van der Waals surface area contributed by atoms with Crippen LogP contribution < -0.4 is 5.56 Å². The number of carbonyl (C=O) groups excluding carboxylic acids is 1. The first-order valence-electron chi connectivity index (χ1n) is 8.76. The molecule has 3 aromatic rings. The summed E-state index contributed by atoms with van der Waals surface area (Å²) in [6, 6.07) is 14.4. The average Bonchev–Trinajstić information content (AvgIpc) is 2.85. The molecule has 0 radical (unpaired) electrons. The number of rotatable bonds is 3. The van der Waals surface area contributed by atoms with Gasteiger partial charge in [0.05, 0.1) is 11.4 Å². The monoisotopic (exact) mass is 396 g/mol. The molecule has 4 rings (SSSR count). The van der Waals surface area contributed by atoms with Crippen LogP contribution in [0.2, 0.25) is 5.02 Å². The number of thioether (sulfide) groups is 1. The highest BCUT2D eigenvalue weighted by atomic mass is 35.5. The fourth-order valence-corrected chi connectivity index (χ4v) is 4.31. The molecular formula is C21H17ClN2O2S. The van der Waals surface area contributed by atoms with Crippen molar-refractivity contribution in [3.8, 4) is 16.9 Å². The molecule has 2 heterocycles. The summed E-state index contributed by atoms with van der Waals surface area (Å²) >= 11 is 7.68. The SMILES string of the molecule is CCC(=O)c1ccc2c(c1)-c1nn(-c3ccc(Cl)cc3)c(=O)cc1CCS2. The number of halogens is 1. The Hall–Kier alpha value is -2.37. The predicted molar refractivity (Wildman–Crippen MR) is 109 cm³/mol. The van der Waals surface area contributed by atoms with Crippen molar-refractivity contribution in [1.29, 1.82) is 0 Å². The average molecular weight is 397 g/mol. The maximum absolute atomic E-state index is 12.6. The number of ketones is 1. The second kappa shape index (κ2) is 7.33. The Balaban J connectivity index is 1.93. The number of carbonyl (C=O) groups is 1. The molecule has 0 saturated carbocycles. The van der Waals surface area contributed by atoms with Gasteiger partial charge in [0.1, 0.15) is 0 Å². The summed E-state index contributed by atoms with van der Waals surface area (Å²) in [5.74, 6) is 0.965. The highest BCUT2D eigenvalue weighted by Crippen LogP contribution is 2.37.